The Kier molecular flexibility index (Phi) is 5.07. The molecule has 0 radical (unpaired) electrons. The molecule has 1 amide bonds. The van der Waals surface area contributed by atoms with Gasteiger partial charge in [-0.05, 0) is 43.0 Å². The van der Waals surface area contributed by atoms with Crippen LogP contribution in [0.3, 0.4) is 0 Å². The predicted molar refractivity (Wildman–Crippen MR) is 87.8 cm³/mol. The highest BCUT2D eigenvalue weighted by Gasteiger charge is 2.21. The molecule has 2 rings (SSSR count). The minimum Gasteiger partial charge on any atom is -0.496 e. The van der Waals surface area contributed by atoms with E-state index in [-0.39, 0.29) is 11.8 Å². The van der Waals surface area contributed by atoms with E-state index in [9.17, 15) is 4.79 Å². The number of hydrazone groups is 1. The number of methoxy groups -OCH3 is 1. The largest absolute Gasteiger partial charge is 0.496 e. The monoisotopic (exact) mass is 304 g/mol. The van der Waals surface area contributed by atoms with Gasteiger partial charge < -0.3 is 4.74 Å². The van der Waals surface area contributed by atoms with E-state index in [0.717, 1.165) is 22.6 Å². The van der Waals surface area contributed by atoms with Crippen LogP contribution >= 0.6 is 11.8 Å². The van der Waals surface area contributed by atoms with Crippen molar-refractivity contribution in [2.75, 3.05) is 13.4 Å². The third-order valence-corrected chi connectivity index (χ3v) is 4.20. The molecule has 4 nitrogen and oxygen atoms in total. The number of amides is 1. The van der Waals surface area contributed by atoms with Gasteiger partial charge in [0.05, 0.1) is 12.8 Å². The van der Waals surface area contributed by atoms with Crippen LogP contribution in [-0.2, 0) is 4.79 Å². The van der Waals surface area contributed by atoms with Crippen LogP contribution in [0.2, 0.25) is 0 Å². The second-order valence-electron chi connectivity index (χ2n) is 5.07. The van der Waals surface area contributed by atoms with Gasteiger partial charge >= 0.3 is 0 Å². The Bertz CT molecular complexity index is 608. The average Bonchev–Trinajstić information content (AvgIpc) is 2.46. The Hall–Kier alpha value is -1.75. The summed E-state index contributed by atoms with van der Waals surface area (Å²) in [6, 6.07) is 6.11. The zero-order valence-corrected chi connectivity index (χ0v) is 13.6. The molecule has 0 bridgehead atoms. The van der Waals surface area contributed by atoms with Gasteiger partial charge in [0, 0.05) is 22.8 Å². The van der Waals surface area contributed by atoms with E-state index < -0.39 is 0 Å². The van der Waals surface area contributed by atoms with Crippen LogP contribution in [0.5, 0.6) is 5.75 Å². The molecule has 1 aliphatic heterocycles. The fourth-order valence-corrected chi connectivity index (χ4v) is 2.84. The fraction of sp³-hybridized carbons (Fsp3) is 0.375. The molecule has 1 aromatic carbocycles. The Labute approximate surface area is 129 Å². The van der Waals surface area contributed by atoms with E-state index in [4.69, 9.17) is 4.74 Å². The molecule has 1 N–H and O–H groups in total. The van der Waals surface area contributed by atoms with Gasteiger partial charge in [-0.15, -0.1) is 11.8 Å². The summed E-state index contributed by atoms with van der Waals surface area (Å²) < 4.78 is 5.41. The van der Waals surface area contributed by atoms with Crippen molar-refractivity contribution in [1.29, 1.82) is 0 Å². The SMILES string of the molecule is COc1ccc(SC)cc1C=C(C)C1=NNC(=O)CC1C. The number of thioether (sulfide) groups is 1. The van der Waals surface area contributed by atoms with Crippen molar-refractivity contribution < 1.29 is 9.53 Å². The molecule has 1 atom stereocenters. The first-order chi connectivity index (χ1) is 10.0. The van der Waals surface area contributed by atoms with Gasteiger partial charge in [-0.1, -0.05) is 6.92 Å². The van der Waals surface area contributed by atoms with Crippen LogP contribution in [0.4, 0.5) is 0 Å². The van der Waals surface area contributed by atoms with Crippen molar-refractivity contribution in [1.82, 2.24) is 5.43 Å². The third kappa shape index (κ3) is 3.67. The van der Waals surface area contributed by atoms with Crippen LogP contribution in [0, 0.1) is 5.92 Å². The maximum atomic E-state index is 11.3. The zero-order chi connectivity index (χ0) is 15.4. The maximum absolute atomic E-state index is 11.3. The Morgan fingerprint density at radius 2 is 2.29 bits per heavy atom. The summed E-state index contributed by atoms with van der Waals surface area (Å²) in [7, 11) is 1.67. The molecule has 0 saturated heterocycles. The minimum absolute atomic E-state index is 0.0268. The molecule has 0 saturated carbocycles. The third-order valence-electron chi connectivity index (χ3n) is 3.47. The van der Waals surface area contributed by atoms with Crippen LogP contribution in [0.25, 0.3) is 6.08 Å². The van der Waals surface area contributed by atoms with E-state index in [1.807, 2.05) is 32.2 Å². The molecule has 0 spiro atoms. The van der Waals surface area contributed by atoms with Crippen molar-refractivity contribution in [3.05, 3.63) is 29.3 Å². The standard InChI is InChI=1S/C16H20N2O2S/c1-10(16-11(2)8-15(19)17-18-16)7-12-9-13(21-4)5-6-14(12)20-3/h5-7,9,11H,8H2,1-4H3,(H,17,19). The molecular formula is C16H20N2O2S. The normalized spacial score (nSPS) is 19.0. The smallest absolute Gasteiger partial charge is 0.240 e. The summed E-state index contributed by atoms with van der Waals surface area (Å²) in [5, 5.41) is 4.19. The van der Waals surface area contributed by atoms with Gasteiger partial charge in [0.1, 0.15) is 5.75 Å². The first-order valence-electron chi connectivity index (χ1n) is 6.82. The lowest BCUT2D eigenvalue weighted by Gasteiger charge is -2.19. The molecule has 0 aromatic heterocycles. The van der Waals surface area contributed by atoms with E-state index in [2.05, 4.69) is 22.7 Å². The van der Waals surface area contributed by atoms with Gasteiger partial charge in [0.25, 0.3) is 0 Å². The molecule has 1 aromatic rings. The Morgan fingerprint density at radius 3 is 2.90 bits per heavy atom. The summed E-state index contributed by atoms with van der Waals surface area (Å²) >= 11 is 1.69. The number of carbonyl (C=O) groups is 1. The summed E-state index contributed by atoms with van der Waals surface area (Å²) in [4.78, 5) is 12.5. The zero-order valence-electron chi connectivity index (χ0n) is 12.8. The van der Waals surface area contributed by atoms with Crippen LogP contribution in [0.1, 0.15) is 25.8 Å². The average molecular weight is 304 g/mol. The first-order valence-corrected chi connectivity index (χ1v) is 8.04. The Morgan fingerprint density at radius 1 is 1.52 bits per heavy atom. The lowest BCUT2D eigenvalue weighted by Crippen LogP contribution is -2.31. The number of ether oxygens (including phenoxy) is 1. The summed E-state index contributed by atoms with van der Waals surface area (Å²) in [6.45, 7) is 4.03. The first kappa shape index (κ1) is 15.6. The second-order valence-corrected chi connectivity index (χ2v) is 5.95. The number of rotatable bonds is 4. The Balaban J connectivity index is 2.36. The number of hydrogen-bond donors (Lipinski definition) is 1. The number of carbonyl (C=O) groups excluding carboxylic acids is 1. The number of nitrogens with zero attached hydrogens (tertiary/aromatic N) is 1. The van der Waals surface area contributed by atoms with Gasteiger partial charge in [-0.3, -0.25) is 4.79 Å². The molecule has 1 unspecified atom stereocenters. The van der Waals surface area contributed by atoms with Gasteiger partial charge in [0.2, 0.25) is 5.91 Å². The van der Waals surface area contributed by atoms with E-state index in [1.54, 1.807) is 18.9 Å². The molecule has 0 fully saturated rings. The van der Waals surface area contributed by atoms with E-state index >= 15 is 0 Å². The van der Waals surface area contributed by atoms with Crippen molar-refractivity contribution >= 4 is 29.5 Å². The summed E-state index contributed by atoms with van der Waals surface area (Å²) in [5.41, 5.74) is 5.54. The van der Waals surface area contributed by atoms with Gasteiger partial charge in [-0.25, -0.2) is 5.43 Å². The van der Waals surface area contributed by atoms with Gasteiger partial charge in [-0.2, -0.15) is 5.10 Å². The number of benzene rings is 1. The van der Waals surface area contributed by atoms with E-state index in [0.29, 0.717) is 6.42 Å². The highest BCUT2D eigenvalue weighted by molar-refractivity contribution is 7.98. The van der Waals surface area contributed by atoms with Gasteiger partial charge in [0.15, 0.2) is 0 Å². The van der Waals surface area contributed by atoms with Crippen molar-refractivity contribution in [2.24, 2.45) is 11.0 Å². The van der Waals surface area contributed by atoms with Crippen molar-refractivity contribution in [2.45, 2.75) is 25.2 Å². The lowest BCUT2D eigenvalue weighted by molar-refractivity contribution is -0.121. The van der Waals surface area contributed by atoms with Crippen LogP contribution in [-0.4, -0.2) is 25.0 Å². The number of allylic oxidation sites excluding steroid dienone is 1. The van der Waals surface area contributed by atoms with Crippen LogP contribution in [0.15, 0.2) is 33.8 Å². The maximum Gasteiger partial charge on any atom is 0.240 e. The highest BCUT2D eigenvalue weighted by Crippen LogP contribution is 2.28. The quantitative estimate of drug-likeness (QED) is 0.868. The molecule has 1 heterocycles. The second kappa shape index (κ2) is 6.80. The van der Waals surface area contributed by atoms with Crippen LogP contribution < -0.4 is 10.2 Å². The lowest BCUT2D eigenvalue weighted by atomic mass is 9.93. The number of hydrogen-bond acceptors (Lipinski definition) is 4. The minimum atomic E-state index is -0.0268. The van der Waals surface area contributed by atoms with Crippen molar-refractivity contribution in [3.8, 4) is 5.75 Å². The van der Waals surface area contributed by atoms with Crippen molar-refractivity contribution in [3.63, 3.8) is 0 Å². The molecule has 1 aliphatic rings. The highest BCUT2D eigenvalue weighted by atomic mass is 32.2. The predicted octanol–water partition coefficient (Wildman–Crippen LogP) is 3.33. The summed E-state index contributed by atoms with van der Waals surface area (Å²) in [6.07, 6.45) is 4.59. The molecule has 21 heavy (non-hydrogen) atoms. The van der Waals surface area contributed by atoms with E-state index in [1.165, 1.54) is 4.90 Å². The topological polar surface area (TPSA) is 50.7 Å². The molecule has 5 heteroatoms. The molecule has 112 valence electrons. The molecular weight excluding hydrogens is 284 g/mol. The molecule has 0 aliphatic carbocycles. The number of nitrogens with one attached hydrogen (secondary N) is 1. The summed E-state index contributed by atoms with van der Waals surface area (Å²) in [5.74, 6) is 0.936. The fourth-order valence-electron chi connectivity index (χ4n) is 2.39.